The summed E-state index contributed by atoms with van der Waals surface area (Å²) < 4.78 is 13.1. The highest BCUT2D eigenvalue weighted by Crippen LogP contribution is 2.28. The smallest absolute Gasteiger partial charge is 0.231 e. The molecule has 2 aromatic carbocycles. The number of nitrogens with zero attached hydrogens (tertiary/aromatic N) is 3. The molecule has 1 aromatic heterocycles. The van der Waals surface area contributed by atoms with Crippen LogP contribution < -0.4 is 10.2 Å². The van der Waals surface area contributed by atoms with Gasteiger partial charge in [-0.3, -0.25) is 9.59 Å². The van der Waals surface area contributed by atoms with Gasteiger partial charge in [-0.05, 0) is 35.7 Å². The standard InChI is InChI=1S/C22H21FN4O2S/c1-14(15-5-3-2-4-6-15)11-19-25-26-22(30-19)24-21(29)16-12-20(28)27(13-16)18-9-7-17(23)8-10-18/h2-10,14,16H,11-13H2,1H3,(H,24,26,29)/t14-,16+/m1/s1. The van der Waals surface area contributed by atoms with Crippen molar-refractivity contribution in [2.45, 2.75) is 25.7 Å². The summed E-state index contributed by atoms with van der Waals surface area (Å²) in [4.78, 5) is 26.5. The van der Waals surface area contributed by atoms with E-state index in [2.05, 4.69) is 34.6 Å². The molecular weight excluding hydrogens is 403 g/mol. The maximum absolute atomic E-state index is 13.1. The van der Waals surface area contributed by atoms with Gasteiger partial charge in [0.1, 0.15) is 10.8 Å². The van der Waals surface area contributed by atoms with Crippen molar-refractivity contribution in [1.29, 1.82) is 0 Å². The van der Waals surface area contributed by atoms with Crippen LogP contribution in [0.25, 0.3) is 0 Å². The maximum atomic E-state index is 13.1. The first-order chi connectivity index (χ1) is 14.5. The normalized spacial score (nSPS) is 17.2. The molecule has 6 nitrogen and oxygen atoms in total. The lowest BCUT2D eigenvalue weighted by molar-refractivity contribution is -0.122. The molecule has 2 heterocycles. The second kappa shape index (κ2) is 8.71. The molecule has 154 valence electrons. The van der Waals surface area contributed by atoms with Crippen molar-refractivity contribution in [3.05, 3.63) is 71.0 Å². The van der Waals surface area contributed by atoms with Crippen molar-refractivity contribution in [3.63, 3.8) is 0 Å². The molecule has 0 spiro atoms. The minimum absolute atomic E-state index is 0.111. The molecular formula is C22H21FN4O2S. The van der Waals surface area contributed by atoms with Gasteiger partial charge in [-0.15, -0.1) is 10.2 Å². The minimum Gasteiger partial charge on any atom is -0.312 e. The van der Waals surface area contributed by atoms with E-state index in [-0.39, 0.29) is 30.6 Å². The van der Waals surface area contributed by atoms with Crippen LogP contribution in [0.3, 0.4) is 0 Å². The first-order valence-corrected chi connectivity index (χ1v) is 10.6. The Kier molecular flexibility index (Phi) is 5.85. The zero-order valence-corrected chi connectivity index (χ0v) is 17.2. The average molecular weight is 425 g/mol. The number of amides is 2. The second-order valence-corrected chi connectivity index (χ2v) is 8.45. The number of nitrogens with one attached hydrogen (secondary N) is 1. The molecule has 1 N–H and O–H groups in total. The summed E-state index contributed by atoms with van der Waals surface area (Å²) in [6.45, 7) is 2.39. The lowest BCUT2D eigenvalue weighted by atomic mass is 9.98. The molecule has 1 aliphatic rings. The molecule has 0 unspecified atom stereocenters. The Labute approximate surface area is 177 Å². The van der Waals surface area contributed by atoms with E-state index in [9.17, 15) is 14.0 Å². The average Bonchev–Trinajstić information content (AvgIpc) is 3.35. The van der Waals surface area contributed by atoms with Crippen LogP contribution in [0.2, 0.25) is 0 Å². The fourth-order valence-electron chi connectivity index (χ4n) is 3.51. The largest absolute Gasteiger partial charge is 0.312 e. The summed E-state index contributed by atoms with van der Waals surface area (Å²) in [6, 6.07) is 15.9. The van der Waals surface area contributed by atoms with Crippen LogP contribution in [0.1, 0.15) is 29.8 Å². The Hall–Kier alpha value is -3.13. The van der Waals surface area contributed by atoms with Gasteiger partial charge in [-0.1, -0.05) is 48.6 Å². The van der Waals surface area contributed by atoms with Gasteiger partial charge < -0.3 is 10.2 Å². The van der Waals surface area contributed by atoms with E-state index in [4.69, 9.17) is 0 Å². The lowest BCUT2D eigenvalue weighted by Gasteiger charge is -2.16. The van der Waals surface area contributed by atoms with Gasteiger partial charge >= 0.3 is 0 Å². The van der Waals surface area contributed by atoms with Crippen molar-refractivity contribution in [2.75, 3.05) is 16.8 Å². The third kappa shape index (κ3) is 4.54. The van der Waals surface area contributed by atoms with Gasteiger partial charge in [-0.25, -0.2) is 4.39 Å². The maximum Gasteiger partial charge on any atom is 0.231 e. The Balaban J connectivity index is 1.35. The van der Waals surface area contributed by atoms with Crippen molar-refractivity contribution >= 4 is 34.0 Å². The molecule has 1 saturated heterocycles. The molecule has 30 heavy (non-hydrogen) atoms. The number of benzene rings is 2. The first-order valence-electron chi connectivity index (χ1n) is 9.73. The molecule has 2 atom stereocenters. The monoisotopic (exact) mass is 424 g/mol. The summed E-state index contributed by atoms with van der Waals surface area (Å²) in [7, 11) is 0. The molecule has 1 aliphatic heterocycles. The van der Waals surface area contributed by atoms with Crippen molar-refractivity contribution in [1.82, 2.24) is 10.2 Å². The molecule has 3 aromatic rings. The molecule has 0 radical (unpaired) electrons. The fourth-order valence-corrected chi connectivity index (χ4v) is 4.38. The van der Waals surface area contributed by atoms with E-state index in [0.29, 0.717) is 16.7 Å². The van der Waals surface area contributed by atoms with Crippen LogP contribution in [0.4, 0.5) is 15.2 Å². The zero-order chi connectivity index (χ0) is 21.1. The van der Waals surface area contributed by atoms with Crippen molar-refractivity contribution in [2.24, 2.45) is 5.92 Å². The summed E-state index contributed by atoms with van der Waals surface area (Å²) >= 11 is 1.35. The Morgan fingerprint density at radius 3 is 2.67 bits per heavy atom. The van der Waals surface area contributed by atoms with Gasteiger partial charge in [0.2, 0.25) is 16.9 Å². The minimum atomic E-state index is -0.488. The Morgan fingerprint density at radius 1 is 1.20 bits per heavy atom. The van der Waals surface area contributed by atoms with Crippen LogP contribution in [0, 0.1) is 11.7 Å². The number of carbonyl (C=O) groups excluding carboxylic acids is 2. The third-order valence-corrected chi connectivity index (χ3v) is 6.04. The van der Waals surface area contributed by atoms with Crippen LogP contribution in [0.5, 0.6) is 0 Å². The molecule has 0 saturated carbocycles. The molecule has 2 amide bonds. The predicted molar refractivity (Wildman–Crippen MR) is 114 cm³/mol. The van der Waals surface area contributed by atoms with Crippen LogP contribution in [-0.4, -0.2) is 28.6 Å². The number of aromatic nitrogens is 2. The molecule has 8 heteroatoms. The number of hydrogen-bond acceptors (Lipinski definition) is 5. The number of halogens is 1. The Morgan fingerprint density at radius 2 is 1.93 bits per heavy atom. The van der Waals surface area contributed by atoms with Gasteiger partial charge in [0.15, 0.2) is 0 Å². The lowest BCUT2D eigenvalue weighted by Crippen LogP contribution is -2.28. The molecule has 4 rings (SSSR count). The summed E-state index contributed by atoms with van der Waals surface area (Å²) in [5.74, 6) is -0.978. The highest BCUT2D eigenvalue weighted by atomic mass is 32.1. The van der Waals surface area contributed by atoms with E-state index in [1.165, 1.54) is 33.9 Å². The van der Waals surface area contributed by atoms with Gasteiger partial charge in [-0.2, -0.15) is 0 Å². The highest BCUT2D eigenvalue weighted by Gasteiger charge is 2.35. The Bertz CT molecular complexity index is 1040. The zero-order valence-electron chi connectivity index (χ0n) is 16.4. The van der Waals surface area contributed by atoms with Gasteiger partial charge in [0, 0.05) is 25.1 Å². The van der Waals surface area contributed by atoms with Crippen LogP contribution in [0.15, 0.2) is 54.6 Å². The van der Waals surface area contributed by atoms with Crippen LogP contribution in [-0.2, 0) is 16.0 Å². The second-order valence-electron chi connectivity index (χ2n) is 7.39. The number of hydrogen-bond donors (Lipinski definition) is 1. The van der Waals surface area contributed by atoms with E-state index < -0.39 is 5.92 Å². The van der Waals surface area contributed by atoms with Gasteiger partial charge in [0.25, 0.3) is 0 Å². The topological polar surface area (TPSA) is 75.2 Å². The number of anilines is 2. The summed E-state index contributed by atoms with van der Waals surface area (Å²) in [5, 5.41) is 12.3. The van der Waals surface area contributed by atoms with Crippen molar-refractivity contribution < 1.29 is 14.0 Å². The fraction of sp³-hybridized carbons (Fsp3) is 0.273. The SMILES string of the molecule is C[C@H](Cc1nnc(NC(=O)[C@H]2CC(=O)N(c3ccc(F)cc3)C2)s1)c1ccccc1. The third-order valence-electron chi connectivity index (χ3n) is 5.18. The highest BCUT2D eigenvalue weighted by molar-refractivity contribution is 7.15. The van der Waals surface area contributed by atoms with E-state index in [1.807, 2.05) is 18.2 Å². The number of carbonyl (C=O) groups is 2. The quantitative estimate of drug-likeness (QED) is 0.649. The van der Waals surface area contributed by atoms with E-state index in [1.54, 1.807) is 12.1 Å². The number of rotatable bonds is 6. The summed E-state index contributed by atoms with van der Waals surface area (Å²) in [5.41, 5.74) is 1.81. The van der Waals surface area contributed by atoms with Crippen molar-refractivity contribution in [3.8, 4) is 0 Å². The molecule has 1 fully saturated rings. The van der Waals surface area contributed by atoms with Gasteiger partial charge in [0.05, 0.1) is 5.92 Å². The van der Waals surface area contributed by atoms with E-state index in [0.717, 1.165) is 11.4 Å². The van der Waals surface area contributed by atoms with Crippen LogP contribution >= 0.6 is 11.3 Å². The predicted octanol–water partition coefficient (Wildman–Crippen LogP) is 4.02. The first kappa shape index (κ1) is 20.2. The summed E-state index contributed by atoms with van der Waals surface area (Å²) in [6.07, 6.45) is 0.845. The van der Waals surface area contributed by atoms with E-state index >= 15 is 0 Å². The molecule has 0 bridgehead atoms. The molecule has 0 aliphatic carbocycles.